The Hall–Kier alpha value is -1.34. The minimum Gasteiger partial charge on any atom is -0.290 e. The summed E-state index contributed by atoms with van der Waals surface area (Å²) in [7, 11) is 0. The van der Waals surface area contributed by atoms with Crippen molar-refractivity contribution in [2.45, 2.75) is 32.6 Å². The Morgan fingerprint density at radius 1 is 1.28 bits per heavy atom. The summed E-state index contributed by atoms with van der Waals surface area (Å²) >= 11 is 5.79. The van der Waals surface area contributed by atoms with Gasteiger partial charge in [0.25, 0.3) is 0 Å². The van der Waals surface area contributed by atoms with Crippen LogP contribution in [-0.2, 0) is 4.79 Å². The summed E-state index contributed by atoms with van der Waals surface area (Å²) in [5.74, 6) is 0.0149. The number of halogens is 1. The first-order valence-electron chi connectivity index (χ1n) is 6.29. The number of carbonyl (C=O) groups excluding carboxylic acids is 1. The number of unbranched alkanes of at least 4 members (excludes halogenated alkanes) is 2. The second-order valence-electron chi connectivity index (χ2n) is 4.31. The lowest BCUT2D eigenvalue weighted by Crippen LogP contribution is -1.96. The van der Waals surface area contributed by atoms with Gasteiger partial charge in [0.2, 0.25) is 0 Å². The molecule has 18 heavy (non-hydrogen) atoms. The van der Waals surface area contributed by atoms with Crippen LogP contribution in [0.15, 0.2) is 42.5 Å². The minimum absolute atomic E-state index is 0.0149. The molecule has 0 aromatic heterocycles. The third kappa shape index (κ3) is 5.33. The highest BCUT2D eigenvalue weighted by molar-refractivity contribution is 6.30. The normalized spacial score (nSPS) is 10.8. The van der Waals surface area contributed by atoms with Crippen LogP contribution in [0.5, 0.6) is 0 Å². The van der Waals surface area contributed by atoms with Crippen molar-refractivity contribution in [3.63, 3.8) is 0 Å². The summed E-state index contributed by atoms with van der Waals surface area (Å²) in [4.78, 5) is 11.8. The minimum atomic E-state index is 0.0149. The first kappa shape index (κ1) is 14.7. The molecule has 0 aliphatic carbocycles. The van der Waals surface area contributed by atoms with Crippen LogP contribution >= 0.6 is 11.6 Å². The molecule has 0 saturated carbocycles. The Morgan fingerprint density at radius 2 is 1.94 bits per heavy atom. The molecule has 0 unspecified atom stereocenters. The van der Waals surface area contributed by atoms with Gasteiger partial charge in [0.1, 0.15) is 0 Å². The first-order valence-corrected chi connectivity index (χ1v) is 6.67. The van der Waals surface area contributed by atoms with Crippen molar-refractivity contribution in [2.24, 2.45) is 0 Å². The average Bonchev–Trinajstić information content (AvgIpc) is 2.38. The monoisotopic (exact) mass is 262 g/mol. The van der Waals surface area contributed by atoms with Crippen molar-refractivity contribution >= 4 is 23.5 Å². The predicted octanol–water partition coefficient (Wildman–Crippen LogP) is 5.06. The molecule has 0 bridgehead atoms. The fraction of sp³-hybridized carbons (Fsp3) is 0.312. The second kappa shape index (κ2) is 7.88. The van der Waals surface area contributed by atoms with Crippen molar-refractivity contribution in [1.82, 2.24) is 0 Å². The average molecular weight is 263 g/mol. The number of hydrogen-bond donors (Lipinski definition) is 0. The number of carbonyl (C=O) groups is 1. The number of allylic oxidation sites excluding steroid dienone is 2. The highest BCUT2D eigenvalue weighted by atomic mass is 35.5. The molecule has 0 fully saturated rings. The molecule has 1 nitrogen and oxygen atoms in total. The van der Waals surface area contributed by atoms with Gasteiger partial charge in [-0.2, -0.15) is 0 Å². The van der Waals surface area contributed by atoms with Crippen LogP contribution in [0.25, 0.3) is 6.08 Å². The van der Waals surface area contributed by atoms with Crippen molar-refractivity contribution in [1.29, 1.82) is 0 Å². The number of hydrogen-bond acceptors (Lipinski definition) is 1. The molecule has 0 atom stereocenters. The van der Waals surface area contributed by atoms with Gasteiger partial charge in [0.15, 0.2) is 5.78 Å². The largest absolute Gasteiger partial charge is 0.290 e. The Bertz CT molecular complexity index is 429. The van der Waals surface area contributed by atoms with Crippen LogP contribution in [0.4, 0.5) is 0 Å². The number of rotatable bonds is 7. The first-order chi connectivity index (χ1) is 8.63. The molecule has 0 aliphatic heterocycles. The van der Waals surface area contributed by atoms with Crippen LogP contribution in [0, 0.1) is 0 Å². The predicted molar refractivity (Wildman–Crippen MR) is 78.8 cm³/mol. The summed E-state index contributed by atoms with van der Waals surface area (Å²) in [6.07, 6.45) is 7.50. The number of benzene rings is 1. The van der Waals surface area contributed by atoms with Gasteiger partial charge in [0, 0.05) is 5.02 Å². The van der Waals surface area contributed by atoms with Gasteiger partial charge in [-0.25, -0.2) is 0 Å². The highest BCUT2D eigenvalue weighted by Gasteiger charge is 2.02. The van der Waals surface area contributed by atoms with Gasteiger partial charge in [-0.1, -0.05) is 56.2 Å². The summed E-state index contributed by atoms with van der Waals surface area (Å²) in [6, 6.07) is 7.38. The van der Waals surface area contributed by atoms with Gasteiger partial charge in [-0.15, -0.1) is 0 Å². The fourth-order valence-electron chi connectivity index (χ4n) is 1.58. The van der Waals surface area contributed by atoms with Crippen LogP contribution in [0.3, 0.4) is 0 Å². The molecule has 1 aromatic carbocycles. The Morgan fingerprint density at radius 3 is 2.56 bits per heavy atom. The summed E-state index contributed by atoms with van der Waals surface area (Å²) in [5, 5.41) is 0.697. The molecule has 96 valence electrons. The molecule has 1 rings (SSSR count). The standard InChI is InChI=1S/C16H19ClO/c1-3-4-5-6-13(2)16(18)12-9-14-7-10-15(17)11-8-14/h7-12H,2-6H2,1H3/b12-9+. The van der Waals surface area contributed by atoms with Crippen LogP contribution in [-0.4, -0.2) is 5.78 Å². The van der Waals surface area contributed by atoms with E-state index in [4.69, 9.17) is 11.6 Å². The zero-order valence-corrected chi connectivity index (χ0v) is 11.5. The van der Waals surface area contributed by atoms with Crippen LogP contribution < -0.4 is 0 Å². The van der Waals surface area contributed by atoms with E-state index in [9.17, 15) is 4.79 Å². The van der Waals surface area contributed by atoms with Crippen molar-refractivity contribution in [3.8, 4) is 0 Å². The van der Waals surface area contributed by atoms with Gasteiger partial charge in [0.05, 0.1) is 0 Å². The zero-order valence-electron chi connectivity index (χ0n) is 10.8. The van der Waals surface area contributed by atoms with E-state index in [0.717, 1.165) is 31.2 Å². The van der Waals surface area contributed by atoms with Crippen molar-refractivity contribution < 1.29 is 4.79 Å². The van der Waals surface area contributed by atoms with Crippen molar-refractivity contribution in [3.05, 3.63) is 53.1 Å². The maximum absolute atomic E-state index is 11.8. The molecule has 0 N–H and O–H groups in total. The molecule has 0 saturated heterocycles. The van der Waals surface area contributed by atoms with Crippen LogP contribution in [0.2, 0.25) is 5.02 Å². The zero-order chi connectivity index (χ0) is 13.4. The summed E-state index contributed by atoms with van der Waals surface area (Å²) in [5.41, 5.74) is 1.66. The third-order valence-electron chi connectivity index (χ3n) is 2.73. The molecule has 0 radical (unpaired) electrons. The summed E-state index contributed by atoms with van der Waals surface area (Å²) < 4.78 is 0. The Kier molecular flexibility index (Phi) is 6.45. The Balaban J connectivity index is 2.48. The molecule has 0 aliphatic rings. The molecule has 0 spiro atoms. The van der Waals surface area contributed by atoms with Crippen molar-refractivity contribution in [2.75, 3.05) is 0 Å². The molecular weight excluding hydrogens is 244 g/mol. The topological polar surface area (TPSA) is 17.1 Å². The van der Waals surface area contributed by atoms with E-state index in [0.29, 0.717) is 10.6 Å². The quantitative estimate of drug-likeness (QED) is 0.496. The molecule has 2 heteroatoms. The molecule has 0 heterocycles. The van der Waals surface area contributed by atoms with Gasteiger partial charge < -0.3 is 0 Å². The third-order valence-corrected chi connectivity index (χ3v) is 2.98. The second-order valence-corrected chi connectivity index (χ2v) is 4.75. The fourth-order valence-corrected chi connectivity index (χ4v) is 1.70. The van der Waals surface area contributed by atoms with E-state index >= 15 is 0 Å². The molecule has 1 aromatic rings. The highest BCUT2D eigenvalue weighted by Crippen LogP contribution is 2.12. The SMILES string of the molecule is C=C(CCCCC)C(=O)/C=C/c1ccc(Cl)cc1. The molecular formula is C16H19ClO. The Labute approximate surface area is 114 Å². The van der Waals surface area contributed by atoms with E-state index in [-0.39, 0.29) is 5.78 Å². The van der Waals surface area contributed by atoms with E-state index in [1.165, 1.54) is 0 Å². The lowest BCUT2D eigenvalue weighted by atomic mass is 10.0. The van der Waals surface area contributed by atoms with E-state index in [1.54, 1.807) is 12.2 Å². The van der Waals surface area contributed by atoms with E-state index in [2.05, 4.69) is 13.5 Å². The van der Waals surface area contributed by atoms with Gasteiger partial charge >= 0.3 is 0 Å². The molecule has 0 amide bonds. The lowest BCUT2D eigenvalue weighted by Gasteiger charge is -2.00. The van der Waals surface area contributed by atoms with Gasteiger partial charge in [-0.05, 0) is 42.2 Å². The number of ketones is 1. The maximum Gasteiger partial charge on any atom is 0.181 e. The smallest absolute Gasteiger partial charge is 0.181 e. The summed E-state index contributed by atoms with van der Waals surface area (Å²) in [6.45, 7) is 5.97. The van der Waals surface area contributed by atoms with E-state index in [1.807, 2.05) is 24.3 Å². The van der Waals surface area contributed by atoms with Crippen LogP contribution in [0.1, 0.15) is 38.2 Å². The van der Waals surface area contributed by atoms with Gasteiger partial charge in [-0.3, -0.25) is 4.79 Å². The maximum atomic E-state index is 11.8. The lowest BCUT2D eigenvalue weighted by molar-refractivity contribution is -0.111. The van der Waals surface area contributed by atoms with E-state index < -0.39 is 0 Å².